The number of fused-ring (bicyclic) bond motifs is 1. The van der Waals surface area contributed by atoms with E-state index in [0.717, 1.165) is 31.0 Å². The zero-order chi connectivity index (χ0) is 13.1. The molecule has 0 radical (unpaired) electrons. The van der Waals surface area contributed by atoms with Gasteiger partial charge in [0.2, 0.25) is 0 Å². The third kappa shape index (κ3) is 2.80. The number of aryl methyl sites for hydroxylation is 1. The normalized spacial score (nSPS) is 15.6. The number of nitrogens with zero attached hydrogens (tertiary/aromatic N) is 3. The maximum Gasteiger partial charge on any atom is 0.315 e. The Kier molecular flexibility index (Phi) is 3.84. The van der Waals surface area contributed by atoms with Crippen molar-refractivity contribution in [2.24, 2.45) is 5.92 Å². The first-order valence-corrected chi connectivity index (χ1v) is 6.53. The highest BCUT2D eigenvalue weighted by atomic mass is 16.2. The van der Waals surface area contributed by atoms with Crippen molar-refractivity contribution in [1.82, 2.24) is 25.4 Å². The van der Waals surface area contributed by atoms with Gasteiger partial charge < -0.3 is 15.2 Å². The average Bonchev–Trinajstić information content (AvgIpc) is 2.88. The minimum absolute atomic E-state index is 0.147. The molecule has 1 aromatic heterocycles. The summed E-state index contributed by atoms with van der Waals surface area (Å²) in [4.78, 5) is 11.7. The molecule has 18 heavy (non-hydrogen) atoms. The van der Waals surface area contributed by atoms with Gasteiger partial charge in [0.15, 0.2) is 5.82 Å². The van der Waals surface area contributed by atoms with Crippen molar-refractivity contribution in [2.45, 2.75) is 52.7 Å². The summed E-state index contributed by atoms with van der Waals surface area (Å²) in [7, 11) is 0. The topological polar surface area (TPSA) is 71.8 Å². The van der Waals surface area contributed by atoms with Crippen molar-refractivity contribution >= 4 is 6.03 Å². The second-order valence-corrected chi connectivity index (χ2v) is 5.15. The van der Waals surface area contributed by atoms with Crippen LogP contribution in [0.3, 0.4) is 0 Å². The molecule has 1 atom stereocenters. The van der Waals surface area contributed by atoms with Gasteiger partial charge in [0.1, 0.15) is 5.82 Å². The number of nitrogens with one attached hydrogen (secondary N) is 2. The van der Waals surface area contributed by atoms with Crippen molar-refractivity contribution in [3.63, 3.8) is 0 Å². The van der Waals surface area contributed by atoms with Crippen LogP contribution in [-0.2, 0) is 19.5 Å². The fourth-order valence-electron chi connectivity index (χ4n) is 1.93. The van der Waals surface area contributed by atoms with E-state index in [1.165, 1.54) is 0 Å². The minimum Gasteiger partial charge on any atom is -0.335 e. The minimum atomic E-state index is -0.147. The molecule has 0 saturated heterocycles. The van der Waals surface area contributed by atoms with Crippen molar-refractivity contribution in [1.29, 1.82) is 0 Å². The third-order valence-electron chi connectivity index (χ3n) is 3.45. The first-order valence-electron chi connectivity index (χ1n) is 6.53. The molecule has 1 unspecified atom stereocenters. The van der Waals surface area contributed by atoms with E-state index in [1.807, 2.05) is 6.92 Å². The van der Waals surface area contributed by atoms with Gasteiger partial charge in [0.25, 0.3) is 0 Å². The van der Waals surface area contributed by atoms with Crippen molar-refractivity contribution in [3.8, 4) is 0 Å². The largest absolute Gasteiger partial charge is 0.335 e. The number of urea groups is 1. The lowest BCUT2D eigenvalue weighted by Gasteiger charge is -2.17. The van der Waals surface area contributed by atoms with E-state index in [-0.39, 0.29) is 12.1 Å². The molecular weight excluding hydrogens is 230 g/mol. The quantitative estimate of drug-likeness (QED) is 0.840. The fourth-order valence-corrected chi connectivity index (χ4v) is 1.93. The number of rotatable bonds is 4. The molecule has 0 bridgehead atoms. The number of amides is 2. The van der Waals surface area contributed by atoms with E-state index in [4.69, 9.17) is 0 Å². The molecule has 2 N–H and O–H groups in total. The Bertz CT molecular complexity index is 426. The van der Waals surface area contributed by atoms with E-state index in [9.17, 15) is 4.79 Å². The summed E-state index contributed by atoms with van der Waals surface area (Å²) in [6.07, 6.45) is 2.11. The predicted molar refractivity (Wildman–Crippen MR) is 68.0 cm³/mol. The summed E-state index contributed by atoms with van der Waals surface area (Å²) < 4.78 is 2.09. The molecule has 2 heterocycles. The average molecular weight is 251 g/mol. The molecule has 1 aliphatic rings. The Labute approximate surface area is 107 Å². The van der Waals surface area contributed by atoms with Gasteiger partial charge in [0, 0.05) is 19.0 Å². The first kappa shape index (κ1) is 12.9. The van der Waals surface area contributed by atoms with Crippen LogP contribution in [0.5, 0.6) is 0 Å². The first-order chi connectivity index (χ1) is 8.58. The van der Waals surface area contributed by atoms with Crippen LogP contribution in [0.2, 0.25) is 0 Å². The summed E-state index contributed by atoms with van der Waals surface area (Å²) in [6, 6.07) is 0.0145. The Hall–Kier alpha value is -1.59. The van der Waals surface area contributed by atoms with Gasteiger partial charge in [0.05, 0.1) is 6.54 Å². The third-order valence-corrected chi connectivity index (χ3v) is 3.45. The molecule has 6 nitrogen and oxygen atoms in total. The van der Waals surface area contributed by atoms with E-state index in [0.29, 0.717) is 12.5 Å². The number of hydrogen-bond acceptors (Lipinski definition) is 3. The van der Waals surface area contributed by atoms with Crippen LogP contribution in [0.15, 0.2) is 0 Å². The van der Waals surface area contributed by atoms with Crippen LogP contribution in [0.4, 0.5) is 4.79 Å². The van der Waals surface area contributed by atoms with Gasteiger partial charge in [-0.2, -0.15) is 0 Å². The maximum atomic E-state index is 11.7. The van der Waals surface area contributed by atoms with Crippen LogP contribution in [0.1, 0.15) is 38.8 Å². The predicted octanol–water partition coefficient (Wildman–Crippen LogP) is 1.07. The maximum absolute atomic E-state index is 11.7. The standard InChI is InChI=1S/C12H21N5O/c1-8(2)9(3)14-12(18)13-7-11-16-15-10-5-4-6-17(10)11/h8-9H,4-7H2,1-3H3,(H2,13,14,18). The molecule has 100 valence electrons. The molecular formula is C12H21N5O. The Morgan fingerprint density at radius 1 is 1.39 bits per heavy atom. The summed E-state index contributed by atoms with van der Waals surface area (Å²) in [6.45, 7) is 7.55. The summed E-state index contributed by atoms with van der Waals surface area (Å²) in [5, 5.41) is 13.9. The smallest absolute Gasteiger partial charge is 0.315 e. The highest BCUT2D eigenvalue weighted by Gasteiger charge is 2.17. The van der Waals surface area contributed by atoms with Crippen LogP contribution in [-0.4, -0.2) is 26.8 Å². The highest BCUT2D eigenvalue weighted by Crippen LogP contribution is 2.13. The molecule has 0 spiro atoms. The lowest BCUT2D eigenvalue weighted by molar-refractivity contribution is 0.233. The van der Waals surface area contributed by atoms with E-state index >= 15 is 0 Å². The van der Waals surface area contributed by atoms with Crippen molar-refractivity contribution in [2.75, 3.05) is 0 Å². The molecule has 1 aliphatic heterocycles. The fraction of sp³-hybridized carbons (Fsp3) is 0.750. The molecule has 0 aliphatic carbocycles. The van der Waals surface area contributed by atoms with Crippen molar-refractivity contribution < 1.29 is 4.79 Å². The summed E-state index contributed by atoms with van der Waals surface area (Å²) >= 11 is 0. The van der Waals surface area contributed by atoms with Crippen LogP contribution < -0.4 is 10.6 Å². The van der Waals surface area contributed by atoms with E-state index in [2.05, 4.69) is 39.2 Å². The zero-order valence-corrected chi connectivity index (χ0v) is 11.2. The van der Waals surface area contributed by atoms with Crippen LogP contribution in [0.25, 0.3) is 0 Å². The number of carbonyl (C=O) groups excluding carboxylic acids is 1. The molecule has 1 aromatic rings. The van der Waals surface area contributed by atoms with Crippen LogP contribution in [0, 0.1) is 5.92 Å². The summed E-state index contributed by atoms with van der Waals surface area (Å²) in [5.74, 6) is 2.30. The second-order valence-electron chi connectivity index (χ2n) is 5.15. The molecule has 2 amide bonds. The van der Waals surface area contributed by atoms with Gasteiger partial charge in [-0.05, 0) is 19.3 Å². The molecule has 0 saturated carbocycles. The SMILES string of the molecule is CC(C)C(C)NC(=O)NCc1nnc2n1CCC2. The molecule has 0 fully saturated rings. The van der Waals surface area contributed by atoms with E-state index < -0.39 is 0 Å². The monoisotopic (exact) mass is 251 g/mol. The van der Waals surface area contributed by atoms with Gasteiger partial charge in [-0.25, -0.2) is 4.79 Å². The van der Waals surface area contributed by atoms with Gasteiger partial charge in [-0.15, -0.1) is 10.2 Å². The van der Waals surface area contributed by atoms with Crippen LogP contribution >= 0.6 is 0 Å². The lowest BCUT2D eigenvalue weighted by Crippen LogP contribution is -2.42. The van der Waals surface area contributed by atoms with Gasteiger partial charge in [-0.1, -0.05) is 13.8 Å². The lowest BCUT2D eigenvalue weighted by atomic mass is 10.1. The Morgan fingerprint density at radius 3 is 2.89 bits per heavy atom. The molecule has 2 rings (SSSR count). The molecule has 6 heteroatoms. The Balaban J connectivity index is 1.82. The van der Waals surface area contributed by atoms with Crippen molar-refractivity contribution in [3.05, 3.63) is 11.6 Å². The zero-order valence-electron chi connectivity index (χ0n) is 11.2. The number of hydrogen-bond donors (Lipinski definition) is 2. The summed E-state index contributed by atoms with van der Waals surface area (Å²) in [5.41, 5.74) is 0. The number of carbonyl (C=O) groups is 1. The highest BCUT2D eigenvalue weighted by molar-refractivity contribution is 5.74. The van der Waals surface area contributed by atoms with Gasteiger partial charge in [-0.3, -0.25) is 0 Å². The number of aromatic nitrogens is 3. The van der Waals surface area contributed by atoms with Gasteiger partial charge >= 0.3 is 6.03 Å². The second kappa shape index (κ2) is 5.37. The van der Waals surface area contributed by atoms with E-state index in [1.54, 1.807) is 0 Å². The molecule has 0 aromatic carbocycles. The Morgan fingerprint density at radius 2 is 2.17 bits per heavy atom.